The molecular formula is C40H43ClFN5O3S2. The summed E-state index contributed by atoms with van der Waals surface area (Å²) < 4.78 is 43.5. The molecule has 1 amide bonds. The molecule has 0 bridgehead atoms. The van der Waals surface area contributed by atoms with E-state index < -0.39 is 21.7 Å². The number of anilines is 2. The van der Waals surface area contributed by atoms with Crippen molar-refractivity contribution in [3.05, 3.63) is 143 Å². The molecule has 0 unspecified atom stereocenters. The summed E-state index contributed by atoms with van der Waals surface area (Å²) in [7, 11) is -0.369. The van der Waals surface area contributed by atoms with Gasteiger partial charge in [0, 0.05) is 52.6 Å². The Hall–Kier alpha value is -4.39. The van der Waals surface area contributed by atoms with Gasteiger partial charge in [0.2, 0.25) is 0 Å². The van der Waals surface area contributed by atoms with E-state index in [0.717, 1.165) is 40.7 Å². The second-order valence-electron chi connectivity index (χ2n) is 12.5. The zero-order valence-electron chi connectivity index (χ0n) is 29.1. The number of halogens is 2. The number of benzene rings is 5. The van der Waals surface area contributed by atoms with Crippen molar-refractivity contribution in [3.63, 3.8) is 0 Å². The van der Waals surface area contributed by atoms with Gasteiger partial charge in [-0.1, -0.05) is 66.2 Å². The van der Waals surface area contributed by atoms with E-state index in [2.05, 4.69) is 37.7 Å². The molecule has 0 saturated carbocycles. The molecule has 0 aliphatic rings. The van der Waals surface area contributed by atoms with Crippen molar-refractivity contribution in [2.45, 2.75) is 28.8 Å². The number of sulfonamides is 1. The van der Waals surface area contributed by atoms with Gasteiger partial charge in [0.25, 0.3) is 15.9 Å². The lowest BCUT2D eigenvalue weighted by Gasteiger charge is -2.22. The van der Waals surface area contributed by atoms with Crippen LogP contribution in [0.5, 0.6) is 0 Å². The van der Waals surface area contributed by atoms with Gasteiger partial charge < -0.3 is 20.9 Å². The van der Waals surface area contributed by atoms with Gasteiger partial charge in [-0.25, -0.2) is 17.5 Å². The van der Waals surface area contributed by atoms with Crippen LogP contribution in [0.15, 0.2) is 131 Å². The first-order chi connectivity index (χ1) is 25.1. The molecule has 0 heterocycles. The van der Waals surface area contributed by atoms with E-state index in [4.69, 9.17) is 11.6 Å². The largest absolute Gasteiger partial charge is 0.384 e. The summed E-state index contributed by atoms with van der Waals surface area (Å²) in [5.41, 5.74) is 4.54. The van der Waals surface area contributed by atoms with Crippen LogP contribution in [0.1, 0.15) is 22.3 Å². The first kappa shape index (κ1) is 38.8. The fourth-order valence-corrected chi connectivity index (χ4v) is 7.51. The molecule has 5 aromatic carbocycles. The number of hydrogen-bond acceptors (Lipinski definition) is 8. The maximum absolute atomic E-state index is 15.3. The van der Waals surface area contributed by atoms with E-state index in [1.807, 2.05) is 80.8 Å². The van der Waals surface area contributed by atoms with E-state index in [1.54, 1.807) is 23.9 Å². The average molecular weight is 760 g/mol. The van der Waals surface area contributed by atoms with Crippen molar-refractivity contribution in [1.29, 1.82) is 0 Å². The molecule has 1 atom stereocenters. The minimum Gasteiger partial charge on any atom is -0.384 e. The Balaban J connectivity index is 1.11. The Morgan fingerprint density at radius 2 is 1.58 bits per heavy atom. The molecule has 0 aromatic heterocycles. The summed E-state index contributed by atoms with van der Waals surface area (Å²) in [6, 6.07) is 36.0. The third-order valence-corrected chi connectivity index (χ3v) is 11.0. The standard InChI is InChI=1S/C40H43ClFN5O3S2/c1-47(2)25-22-34(28-51-35-9-4-3-5-10-35)45-39-21-20-36(26-38(39)42)52(49,50)46-40(48)30-14-18-33(19-15-30)44-24-23-43-27-31-8-6-7-11-37(31)29-12-16-32(41)17-13-29/h3-21,26,34,43-45H,22-25,27-28H2,1-2H3,(H,46,48)/t34-/m1/s1. The average Bonchev–Trinajstić information content (AvgIpc) is 3.14. The van der Waals surface area contributed by atoms with Gasteiger partial charge in [0.05, 0.1) is 10.6 Å². The third kappa shape index (κ3) is 11.6. The molecule has 0 saturated heterocycles. The molecule has 0 radical (unpaired) electrons. The van der Waals surface area contributed by atoms with Gasteiger partial charge in [-0.05, 0) is 110 Å². The molecular weight excluding hydrogens is 717 g/mol. The molecule has 4 N–H and O–H groups in total. The molecule has 0 aliphatic heterocycles. The van der Waals surface area contributed by atoms with Gasteiger partial charge >= 0.3 is 0 Å². The van der Waals surface area contributed by atoms with Crippen LogP contribution in [0.4, 0.5) is 15.8 Å². The van der Waals surface area contributed by atoms with Crippen LogP contribution in [-0.2, 0) is 16.6 Å². The van der Waals surface area contributed by atoms with Gasteiger partial charge in [-0.3, -0.25) is 4.79 Å². The number of thioether (sulfide) groups is 1. The number of hydrogen-bond donors (Lipinski definition) is 4. The number of rotatable bonds is 18. The number of carbonyl (C=O) groups excluding carboxylic acids is 1. The van der Waals surface area contributed by atoms with E-state index in [-0.39, 0.29) is 22.2 Å². The van der Waals surface area contributed by atoms with Gasteiger partial charge in [-0.15, -0.1) is 11.8 Å². The second-order valence-corrected chi connectivity index (χ2v) is 15.7. The molecule has 0 aliphatic carbocycles. The van der Waals surface area contributed by atoms with Crippen molar-refractivity contribution >= 4 is 50.7 Å². The fraction of sp³-hybridized carbons (Fsp3) is 0.225. The van der Waals surface area contributed by atoms with E-state index in [1.165, 1.54) is 29.8 Å². The van der Waals surface area contributed by atoms with Crippen molar-refractivity contribution in [2.24, 2.45) is 0 Å². The molecule has 5 rings (SSSR count). The molecule has 0 spiro atoms. The lowest BCUT2D eigenvalue weighted by atomic mass is 10.00. The molecule has 5 aromatic rings. The first-order valence-electron chi connectivity index (χ1n) is 16.9. The minimum absolute atomic E-state index is 0.0683. The lowest BCUT2D eigenvalue weighted by molar-refractivity contribution is 0.0981. The zero-order valence-corrected chi connectivity index (χ0v) is 31.5. The lowest BCUT2D eigenvalue weighted by Crippen LogP contribution is -2.31. The van der Waals surface area contributed by atoms with Crippen molar-refractivity contribution in [2.75, 3.05) is 50.1 Å². The molecule has 8 nitrogen and oxygen atoms in total. The van der Waals surface area contributed by atoms with Crippen LogP contribution in [0, 0.1) is 5.82 Å². The maximum Gasteiger partial charge on any atom is 0.264 e. The van der Waals surface area contributed by atoms with Crippen molar-refractivity contribution in [3.8, 4) is 11.1 Å². The Morgan fingerprint density at radius 3 is 2.29 bits per heavy atom. The normalized spacial score (nSPS) is 12.0. The van der Waals surface area contributed by atoms with Crippen LogP contribution in [0.25, 0.3) is 11.1 Å². The van der Waals surface area contributed by atoms with Crippen LogP contribution in [0.3, 0.4) is 0 Å². The van der Waals surface area contributed by atoms with Crippen LogP contribution in [-0.4, -0.2) is 64.7 Å². The summed E-state index contributed by atoms with van der Waals surface area (Å²) in [5.74, 6) is -0.832. The van der Waals surface area contributed by atoms with Crippen molar-refractivity contribution < 1.29 is 17.6 Å². The van der Waals surface area contributed by atoms with Gasteiger partial charge in [0.1, 0.15) is 5.82 Å². The Bertz CT molecular complexity index is 2020. The third-order valence-electron chi connectivity index (χ3n) is 8.22. The predicted octanol–water partition coefficient (Wildman–Crippen LogP) is 7.99. The predicted molar refractivity (Wildman–Crippen MR) is 212 cm³/mol. The highest BCUT2D eigenvalue weighted by Gasteiger charge is 2.21. The SMILES string of the molecule is CN(C)CC[C@H](CSc1ccccc1)Nc1ccc(S(=O)(=O)NC(=O)c2ccc(NCCNCc3ccccc3-c3ccc(Cl)cc3)cc2)cc1F. The highest BCUT2D eigenvalue weighted by atomic mass is 35.5. The van der Waals surface area contributed by atoms with E-state index >= 15 is 4.39 Å². The quantitative estimate of drug-likeness (QED) is 0.0527. The zero-order chi connectivity index (χ0) is 36.9. The molecule has 272 valence electrons. The highest BCUT2D eigenvalue weighted by molar-refractivity contribution is 7.99. The van der Waals surface area contributed by atoms with E-state index in [9.17, 15) is 13.2 Å². The van der Waals surface area contributed by atoms with Gasteiger partial charge in [-0.2, -0.15) is 0 Å². The minimum atomic E-state index is -4.33. The number of carbonyl (C=O) groups is 1. The number of nitrogens with zero attached hydrogens (tertiary/aromatic N) is 1. The summed E-state index contributed by atoms with van der Waals surface area (Å²) in [5, 5.41) is 10.7. The maximum atomic E-state index is 15.3. The summed E-state index contributed by atoms with van der Waals surface area (Å²) in [4.78, 5) is 15.7. The van der Waals surface area contributed by atoms with Gasteiger partial charge in [0.15, 0.2) is 0 Å². The van der Waals surface area contributed by atoms with Crippen LogP contribution >= 0.6 is 23.4 Å². The fourth-order valence-electron chi connectivity index (χ4n) is 5.41. The summed E-state index contributed by atoms with van der Waals surface area (Å²) in [6.07, 6.45) is 0.758. The topological polar surface area (TPSA) is 103 Å². The summed E-state index contributed by atoms with van der Waals surface area (Å²) >= 11 is 7.72. The monoisotopic (exact) mass is 759 g/mol. The smallest absolute Gasteiger partial charge is 0.264 e. The Labute approximate surface area is 315 Å². The molecule has 12 heteroatoms. The Kier molecular flexibility index (Phi) is 14.1. The number of nitrogens with one attached hydrogen (secondary N) is 4. The molecule has 52 heavy (non-hydrogen) atoms. The Morgan fingerprint density at radius 1 is 0.865 bits per heavy atom. The summed E-state index contributed by atoms with van der Waals surface area (Å²) in [6.45, 7) is 2.79. The van der Waals surface area contributed by atoms with Crippen molar-refractivity contribution in [1.82, 2.24) is 14.9 Å². The van der Waals surface area contributed by atoms with E-state index in [0.29, 0.717) is 30.4 Å². The van der Waals surface area contributed by atoms with Crippen LogP contribution < -0.4 is 20.7 Å². The first-order valence-corrected chi connectivity index (χ1v) is 19.8. The molecule has 0 fully saturated rings. The number of amides is 1. The van der Waals surface area contributed by atoms with Crippen LogP contribution in [0.2, 0.25) is 5.02 Å². The highest BCUT2D eigenvalue weighted by Crippen LogP contribution is 2.26. The second kappa shape index (κ2) is 18.9.